The lowest BCUT2D eigenvalue weighted by Gasteiger charge is -2.02. The van der Waals surface area contributed by atoms with Crippen LogP contribution in [-0.4, -0.2) is 31.0 Å². The average Bonchev–Trinajstić information content (AvgIpc) is 2.95. The Bertz CT molecular complexity index is 575. The molecule has 1 aromatic carbocycles. The molecule has 112 valence electrons. The highest BCUT2D eigenvalue weighted by Gasteiger charge is 2.07. The minimum atomic E-state index is 0.0478. The van der Waals surface area contributed by atoms with E-state index >= 15 is 0 Å². The number of rotatable bonds is 7. The molecule has 0 aliphatic rings. The molecule has 5 heteroatoms. The van der Waals surface area contributed by atoms with Crippen LogP contribution in [0.15, 0.2) is 34.9 Å². The fraction of sp³-hybridized carbons (Fsp3) is 0.375. The fourth-order valence-corrected chi connectivity index (χ4v) is 1.91. The maximum absolute atomic E-state index is 11.5. The van der Waals surface area contributed by atoms with Crippen molar-refractivity contribution in [1.82, 2.24) is 15.6 Å². The Morgan fingerprint density at radius 1 is 1.24 bits per heavy atom. The van der Waals surface area contributed by atoms with E-state index in [0.29, 0.717) is 31.8 Å². The number of carbonyl (C=O) groups excluding carboxylic acids is 1. The first-order chi connectivity index (χ1) is 10.2. The maximum Gasteiger partial charge on any atom is 0.226 e. The van der Waals surface area contributed by atoms with E-state index in [9.17, 15) is 4.79 Å². The van der Waals surface area contributed by atoms with E-state index in [0.717, 1.165) is 11.3 Å². The van der Waals surface area contributed by atoms with Crippen molar-refractivity contribution in [3.8, 4) is 11.5 Å². The Labute approximate surface area is 124 Å². The van der Waals surface area contributed by atoms with E-state index in [1.165, 1.54) is 5.56 Å². The zero-order valence-electron chi connectivity index (χ0n) is 12.5. The summed E-state index contributed by atoms with van der Waals surface area (Å²) in [5, 5.41) is 5.81. The van der Waals surface area contributed by atoms with Crippen LogP contribution in [0.3, 0.4) is 0 Å². The third-order valence-corrected chi connectivity index (χ3v) is 3.16. The van der Waals surface area contributed by atoms with Crippen molar-refractivity contribution in [2.24, 2.45) is 0 Å². The van der Waals surface area contributed by atoms with Gasteiger partial charge in [0.15, 0.2) is 0 Å². The summed E-state index contributed by atoms with van der Waals surface area (Å²) in [6.45, 7) is 3.30. The molecular formula is C16H21N3O2. The zero-order valence-corrected chi connectivity index (χ0v) is 12.5. The van der Waals surface area contributed by atoms with Gasteiger partial charge in [-0.2, -0.15) is 0 Å². The van der Waals surface area contributed by atoms with Crippen molar-refractivity contribution in [3.05, 3.63) is 41.8 Å². The standard InChI is InChI=1S/C16H21N3O2/c1-12-3-5-13(6-4-12)16-19-14(11-21-16)7-10-18-15(20)8-9-17-2/h3-6,11,17H,7-10H2,1-2H3,(H,18,20). The van der Waals surface area contributed by atoms with Crippen LogP contribution < -0.4 is 10.6 Å². The molecule has 0 bridgehead atoms. The predicted octanol–water partition coefficient (Wildman–Crippen LogP) is 1.92. The van der Waals surface area contributed by atoms with E-state index in [1.807, 2.05) is 38.2 Å². The monoisotopic (exact) mass is 287 g/mol. The maximum atomic E-state index is 11.5. The van der Waals surface area contributed by atoms with E-state index in [-0.39, 0.29) is 5.91 Å². The summed E-state index contributed by atoms with van der Waals surface area (Å²) < 4.78 is 5.48. The Morgan fingerprint density at radius 3 is 2.71 bits per heavy atom. The average molecular weight is 287 g/mol. The molecule has 0 saturated heterocycles. The molecule has 0 unspecified atom stereocenters. The molecule has 21 heavy (non-hydrogen) atoms. The van der Waals surface area contributed by atoms with Crippen molar-refractivity contribution in [3.63, 3.8) is 0 Å². The summed E-state index contributed by atoms with van der Waals surface area (Å²) in [4.78, 5) is 15.9. The van der Waals surface area contributed by atoms with Crippen LogP contribution in [0.2, 0.25) is 0 Å². The molecule has 1 heterocycles. The van der Waals surface area contributed by atoms with Crippen LogP contribution in [0, 0.1) is 6.92 Å². The Morgan fingerprint density at radius 2 is 2.00 bits per heavy atom. The lowest BCUT2D eigenvalue weighted by atomic mass is 10.1. The van der Waals surface area contributed by atoms with Gasteiger partial charge < -0.3 is 15.1 Å². The number of aromatic nitrogens is 1. The summed E-state index contributed by atoms with van der Waals surface area (Å²) in [5.74, 6) is 0.665. The van der Waals surface area contributed by atoms with Gasteiger partial charge in [0.1, 0.15) is 6.26 Å². The molecule has 2 aromatic rings. The Hall–Kier alpha value is -2.14. The number of amides is 1. The summed E-state index contributed by atoms with van der Waals surface area (Å²) in [6, 6.07) is 8.04. The first-order valence-corrected chi connectivity index (χ1v) is 7.12. The molecule has 0 fully saturated rings. The minimum absolute atomic E-state index is 0.0478. The van der Waals surface area contributed by atoms with Gasteiger partial charge in [0, 0.05) is 31.5 Å². The second-order valence-corrected chi connectivity index (χ2v) is 4.96. The van der Waals surface area contributed by atoms with Gasteiger partial charge in [-0.25, -0.2) is 4.98 Å². The van der Waals surface area contributed by atoms with Crippen molar-refractivity contribution in [2.45, 2.75) is 19.8 Å². The minimum Gasteiger partial charge on any atom is -0.444 e. The largest absolute Gasteiger partial charge is 0.444 e. The molecule has 0 atom stereocenters. The number of nitrogens with zero attached hydrogens (tertiary/aromatic N) is 1. The molecule has 0 spiro atoms. The summed E-state index contributed by atoms with van der Waals surface area (Å²) in [5.41, 5.74) is 3.01. The van der Waals surface area contributed by atoms with Crippen LogP contribution in [-0.2, 0) is 11.2 Å². The number of carbonyl (C=O) groups is 1. The SMILES string of the molecule is CNCCC(=O)NCCc1coc(-c2ccc(C)cc2)n1. The number of hydrogen-bond acceptors (Lipinski definition) is 4. The number of aryl methyl sites for hydroxylation is 1. The lowest BCUT2D eigenvalue weighted by Crippen LogP contribution is -2.28. The molecule has 0 aliphatic carbocycles. The lowest BCUT2D eigenvalue weighted by molar-refractivity contribution is -0.120. The Kier molecular flexibility index (Phi) is 5.51. The van der Waals surface area contributed by atoms with Gasteiger partial charge in [-0.05, 0) is 26.1 Å². The Balaban J connectivity index is 1.83. The van der Waals surface area contributed by atoms with Gasteiger partial charge >= 0.3 is 0 Å². The summed E-state index contributed by atoms with van der Waals surface area (Å²) in [6.07, 6.45) is 2.81. The quantitative estimate of drug-likeness (QED) is 0.816. The smallest absolute Gasteiger partial charge is 0.226 e. The van der Waals surface area contributed by atoms with E-state index in [1.54, 1.807) is 6.26 Å². The normalized spacial score (nSPS) is 10.6. The van der Waals surface area contributed by atoms with Crippen molar-refractivity contribution in [1.29, 1.82) is 0 Å². The highest BCUT2D eigenvalue weighted by molar-refractivity contribution is 5.76. The van der Waals surface area contributed by atoms with Crippen LogP contribution in [0.1, 0.15) is 17.7 Å². The molecule has 2 rings (SSSR count). The van der Waals surface area contributed by atoms with Gasteiger partial charge in [0.05, 0.1) is 5.69 Å². The van der Waals surface area contributed by atoms with E-state index < -0.39 is 0 Å². The van der Waals surface area contributed by atoms with E-state index in [2.05, 4.69) is 15.6 Å². The van der Waals surface area contributed by atoms with Crippen LogP contribution in [0.25, 0.3) is 11.5 Å². The fourth-order valence-electron chi connectivity index (χ4n) is 1.91. The zero-order chi connectivity index (χ0) is 15.1. The first kappa shape index (κ1) is 15.3. The van der Waals surface area contributed by atoms with Gasteiger partial charge in [0.2, 0.25) is 11.8 Å². The third-order valence-electron chi connectivity index (χ3n) is 3.16. The van der Waals surface area contributed by atoms with Crippen LogP contribution in [0.4, 0.5) is 0 Å². The van der Waals surface area contributed by atoms with Crippen LogP contribution >= 0.6 is 0 Å². The second kappa shape index (κ2) is 7.59. The van der Waals surface area contributed by atoms with Gasteiger partial charge in [-0.15, -0.1) is 0 Å². The number of hydrogen-bond donors (Lipinski definition) is 2. The van der Waals surface area contributed by atoms with Crippen molar-refractivity contribution >= 4 is 5.91 Å². The molecule has 2 N–H and O–H groups in total. The molecular weight excluding hydrogens is 266 g/mol. The first-order valence-electron chi connectivity index (χ1n) is 7.12. The third kappa shape index (κ3) is 4.72. The van der Waals surface area contributed by atoms with Crippen LogP contribution in [0.5, 0.6) is 0 Å². The summed E-state index contributed by atoms with van der Waals surface area (Å²) in [7, 11) is 1.83. The predicted molar refractivity (Wildman–Crippen MR) is 81.9 cm³/mol. The number of benzene rings is 1. The van der Waals surface area contributed by atoms with Crippen molar-refractivity contribution in [2.75, 3.05) is 20.1 Å². The highest BCUT2D eigenvalue weighted by atomic mass is 16.3. The number of nitrogens with one attached hydrogen (secondary N) is 2. The molecule has 1 amide bonds. The molecule has 0 saturated carbocycles. The van der Waals surface area contributed by atoms with E-state index in [4.69, 9.17) is 4.42 Å². The topological polar surface area (TPSA) is 67.2 Å². The van der Waals surface area contributed by atoms with Gasteiger partial charge in [0.25, 0.3) is 0 Å². The molecule has 0 aliphatic heterocycles. The highest BCUT2D eigenvalue weighted by Crippen LogP contribution is 2.19. The molecule has 1 aromatic heterocycles. The molecule has 0 radical (unpaired) electrons. The second-order valence-electron chi connectivity index (χ2n) is 4.96. The summed E-state index contributed by atoms with van der Waals surface area (Å²) >= 11 is 0. The van der Waals surface area contributed by atoms with Crippen molar-refractivity contribution < 1.29 is 9.21 Å². The number of oxazole rings is 1. The van der Waals surface area contributed by atoms with Gasteiger partial charge in [-0.3, -0.25) is 4.79 Å². The van der Waals surface area contributed by atoms with Gasteiger partial charge in [-0.1, -0.05) is 17.7 Å². The molecule has 5 nitrogen and oxygen atoms in total.